The zero-order valence-corrected chi connectivity index (χ0v) is 16.9. The number of benzene rings is 2. The Bertz CT molecular complexity index is 974. The normalized spacial score (nSPS) is 11.6. The van der Waals surface area contributed by atoms with Crippen molar-refractivity contribution in [3.05, 3.63) is 47.5 Å². The second-order valence-electron chi connectivity index (χ2n) is 6.21. The van der Waals surface area contributed by atoms with Gasteiger partial charge in [0.05, 0.1) is 13.2 Å². The van der Waals surface area contributed by atoms with Crippen LogP contribution < -0.4 is 0 Å². The van der Waals surface area contributed by atoms with E-state index in [4.69, 9.17) is 13.6 Å². The van der Waals surface area contributed by atoms with E-state index in [0.29, 0.717) is 23.7 Å². The Balaban J connectivity index is 1.16. The maximum atomic E-state index is 5.74. The Kier molecular flexibility index (Phi) is 5.71. The number of hydrogen-bond donors (Lipinski definition) is 0. The summed E-state index contributed by atoms with van der Waals surface area (Å²) in [5, 5.41) is 1.38. The molecule has 2 aromatic heterocycles. The number of ether oxygens (including phenoxy) is 1. The van der Waals surface area contributed by atoms with Gasteiger partial charge in [-0.2, -0.15) is 0 Å². The predicted molar refractivity (Wildman–Crippen MR) is 110 cm³/mol. The summed E-state index contributed by atoms with van der Waals surface area (Å²) in [5.74, 6) is 1.61. The number of nitrogens with zero attached hydrogens (tertiary/aromatic N) is 2. The Morgan fingerprint density at radius 3 is 1.74 bits per heavy atom. The Morgan fingerprint density at radius 2 is 1.26 bits per heavy atom. The topological polar surface area (TPSA) is 61.3 Å². The molecule has 4 aromatic rings. The molecule has 7 heteroatoms. The van der Waals surface area contributed by atoms with Gasteiger partial charge in [-0.05, 0) is 49.2 Å². The number of aryl methyl sites for hydroxylation is 2. The lowest BCUT2D eigenvalue weighted by atomic mass is 10.2. The first kappa shape index (κ1) is 18.4. The molecule has 0 aliphatic rings. The van der Waals surface area contributed by atoms with Crippen molar-refractivity contribution in [2.24, 2.45) is 0 Å². The quantitative estimate of drug-likeness (QED) is 0.286. The van der Waals surface area contributed by atoms with E-state index in [1.165, 1.54) is 11.1 Å². The van der Waals surface area contributed by atoms with Crippen molar-refractivity contribution in [2.45, 2.75) is 24.3 Å². The van der Waals surface area contributed by atoms with Crippen LogP contribution in [0.5, 0.6) is 0 Å². The monoisotopic (exact) mass is 400 g/mol. The van der Waals surface area contributed by atoms with Gasteiger partial charge in [-0.25, -0.2) is 9.97 Å². The maximum Gasteiger partial charge on any atom is 0.256 e. The third-order valence-corrected chi connectivity index (χ3v) is 5.54. The van der Waals surface area contributed by atoms with Crippen LogP contribution in [0.1, 0.15) is 11.1 Å². The van der Waals surface area contributed by atoms with E-state index in [2.05, 4.69) is 9.97 Å². The van der Waals surface area contributed by atoms with Crippen molar-refractivity contribution < 1.29 is 13.6 Å². The molecule has 2 heterocycles. The average molecular weight is 401 g/mol. The standard InChI is InChI=1S/C20H20N2O3S2/c1-13-3-5-15-17(11-13)24-19(21-15)26-9-7-23-8-10-27-20-22-16-6-4-14(2)12-18(16)25-20/h3-6,11-12H,7-10H2,1-2H3. The molecule has 0 amide bonds. The highest BCUT2D eigenvalue weighted by molar-refractivity contribution is 7.99. The zero-order valence-electron chi connectivity index (χ0n) is 15.2. The number of fused-ring (bicyclic) bond motifs is 2. The van der Waals surface area contributed by atoms with Gasteiger partial charge in [-0.15, -0.1) is 0 Å². The van der Waals surface area contributed by atoms with Crippen LogP contribution >= 0.6 is 23.5 Å². The first-order valence-corrected chi connectivity index (χ1v) is 10.7. The molecule has 0 bridgehead atoms. The molecule has 27 heavy (non-hydrogen) atoms. The highest BCUT2D eigenvalue weighted by atomic mass is 32.2. The highest BCUT2D eigenvalue weighted by Crippen LogP contribution is 2.25. The lowest BCUT2D eigenvalue weighted by Gasteiger charge is -2.01. The lowest BCUT2D eigenvalue weighted by Crippen LogP contribution is -2.01. The third-order valence-electron chi connectivity index (χ3n) is 3.96. The molecule has 0 aliphatic carbocycles. The van der Waals surface area contributed by atoms with Crippen molar-refractivity contribution in [1.29, 1.82) is 0 Å². The molecule has 0 N–H and O–H groups in total. The summed E-state index contributed by atoms with van der Waals surface area (Å²) in [4.78, 5) is 8.94. The average Bonchev–Trinajstić information content (AvgIpc) is 3.23. The maximum absolute atomic E-state index is 5.74. The van der Waals surface area contributed by atoms with Crippen LogP contribution in [0.15, 0.2) is 55.7 Å². The first-order chi connectivity index (χ1) is 13.2. The zero-order chi connectivity index (χ0) is 18.6. The molecule has 0 radical (unpaired) electrons. The second-order valence-corrected chi connectivity index (χ2v) is 8.30. The summed E-state index contributed by atoms with van der Waals surface area (Å²) in [6.45, 7) is 5.39. The molecule has 4 rings (SSSR count). The number of thioether (sulfide) groups is 2. The molecule has 0 saturated heterocycles. The SMILES string of the molecule is Cc1ccc2nc(SCCOCCSc3nc4ccc(C)cc4o3)oc2c1. The Morgan fingerprint density at radius 1 is 0.778 bits per heavy atom. The first-order valence-electron chi connectivity index (χ1n) is 8.75. The minimum atomic E-state index is 0.649. The third kappa shape index (κ3) is 4.66. The summed E-state index contributed by atoms with van der Waals surface area (Å²) in [7, 11) is 0. The molecule has 140 valence electrons. The van der Waals surface area contributed by atoms with Gasteiger partial charge in [0.15, 0.2) is 11.2 Å². The highest BCUT2D eigenvalue weighted by Gasteiger charge is 2.07. The van der Waals surface area contributed by atoms with E-state index in [1.54, 1.807) is 23.5 Å². The second kappa shape index (κ2) is 8.37. The van der Waals surface area contributed by atoms with E-state index < -0.39 is 0 Å². The summed E-state index contributed by atoms with van der Waals surface area (Å²) in [5.41, 5.74) is 5.81. The molecule has 0 fully saturated rings. The van der Waals surface area contributed by atoms with Crippen LogP contribution in [0.3, 0.4) is 0 Å². The Hall–Kier alpha value is -1.96. The molecule has 0 unspecified atom stereocenters. The van der Waals surface area contributed by atoms with E-state index in [0.717, 1.165) is 33.7 Å². The molecule has 2 aromatic carbocycles. The molecule has 0 saturated carbocycles. The van der Waals surface area contributed by atoms with Crippen LogP contribution in [-0.4, -0.2) is 34.7 Å². The van der Waals surface area contributed by atoms with Crippen LogP contribution in [0.2, 0.25) is 0 Å². The van der Waals surface area contributed by atoms with Gasteiger partial charge < -0.3 is 13.6 Å². The van der Waals surface area contributed by atoms with Gasteiger partial charge in [-0.1, -0.05) is 35.7 Å². The van der Waals surface area contributed by atoms with E-state index in [9.17, 15) is 0 Å². The lowest BCUT2D eigenvalue weighted by molar-refractivity contribution is 0.167. The fourth-order valence-electron chi connectivity index (χ4n) is 2.62. The Labute approximate surface area is 165 Å². The van der Waals surface area contributed by atoms with Crippen molar-refractivity contribution in [3.63, 3.8) is 0 Å². The van der Waals surface area contributed by atoms with Gasteiger partial charge in [0.25, 0.3) is 10.4 Å². The fraction of sp³-hybridized carbons (Fsp3) is 0.300. The molecule has 5 nitrogen and oxygen atoms in total. The van der Waals surface area contributed by atoms with Gasteiger partial charge in [0.2, 0.25) is 0 Å². The summed E-state index contributed by atoms with van der Waals surface area (Å²) in [6.07, 6.45) is 0. The van der Waals surface area contributed by atoms with E-state index >= 15 is 0 Å². The molecular weight excluding hydrogens is 380 g/mol. The van der Waals surface area contributed by atoms with Gasteiger partial charge in [-0.3, -0.25) is 0 Å². The van der Waals surface area contributed by atoms with Crippen molar-refractivity contribution in [3.8, 4) is 0 Å². The molecule has 0 aliphatic heterocycles. The number of rotatable bonds is 8. The smallest absolute Gasteiger partial charge is 0.256 e. The van der Waals surface area contributed by atoms with E-state index in [1.807, 2.05) is 50.2 Å². The number of aromatic nitrogens is 2. The van der Waals surface area contributed by atoms with Crippen molar-refractivity contribution in [2.75, 3.05) is 24.7 Å². The largest absolute Gasteiger partial charge is 0.431 e. The number of hydrogen-bond acceptors (Lipinski definition) is 7. The number of oxazole rings is 2. The van der Waals surface area contributed by atoms with Crippen LogP contribution in [0.25, 0.3) is 22.2 Å². The van der Waals surface area contributed by atoms with Crippen LogP contribution in [0, 0.1) is 13.8 Å². The minimum Gasteiger partial charge on any atom is -0.431 e. The molecule has 0 atom stereocenters. The van der Waals surface area contributed by atoms with Gasteiger partial charge >= 0.3 is 0 Å². The summed E-state index contributed by atoms with van der Waals surface area (Å²) in [6, 6.07) is 12.1. The summed E-state index contributed by atoms with van der Waals surface area (Å²) < 4.78 is 17.2. The van der Waals surface area contributed by atoms with Crippen LogP contribution in [-0.2, 0) is 4.74 Å². The minimum absolute atomic E-state index is 0.649. The van der Waals surface area contributed by atoms with E-state index in [-0.39, 0.29) is 0 Å². The fourth-order valence-corrected chi connectivity index (χ4v) is 4.00. The van der Waals surface area contributed by atoms with Crippen molar-refractivity contribution in [1.82, 2.24) is 9.97 Å². The van der Waals surface area contributed by atoms with Crippen LogP contribution in [0.4, 0.5) is 0 Å². The van der Waals surface area contributed by atoms with Gasteiger partial charge in [0, 0.05) is 11.5 Å². The molecular formula is C20H20N2O3S2. The summed E-state index contributed by atoms with van der Waals surface area (Å²) >= 11 is 3.14. The van der Waals surface area contributed by atoms with Crippen molar-refractivity contribution >= 4 is 45.7 Å². The predicted octanol–water partition coefficient (Wildman–Crippen LogP) is 5.49. The van der Waals surface area contributed by atoms with Gasteiger partial charge in [0.1, 0.15) is 11.0 Å². The molecule has 0 spiro atoms.